The Hall–Kier alpha value is -2.99. The van der Waals surface area contributed by atoms with Crippen LogP contribution < -0.4 is 5.73 Å². The van der Waals surface area contributed by atoms with E-state index in [9.17, 15) is 9.18 Å². The van der Waals surface area contributed by atoms with E-state index in [0.717, 1.165) is 11.3 Å². The fraction of sp³-hybridized carbons (Fsp3) is 0.333. The monoisotopic (exact) mass is 409 g/mol. The van der Waals surface area contributed by atoms with Crippen LogP contribution in [-0.4, -0.2) is 28.7 Å². The third-order valence-electron chi connectivity index (χ3n) is 5.24. The van der Waals surface area contributed by atoms with Crippen LogP contribution in [0.5, 0.6) is 0 Å². The van der Waals surface area contributed by atoms with E-state index in [1.807, 2.05) is 61.7 Å². The second-order valence-corrected chi connectivity index (χ2v) is 8.49. The van der Waals surface area contributed by atoms with Gasteiger partial charge in [-0.2, -0.15) is 0 Å². The molecule has 0 saturated heterocycles. The Morgan fingerprint density at radius 2 is 1.87 bits per heavy atom. The molecule has 1 amide bonds. The number of carbonyl (C=O) groups is 1. The quantitative estimate of drug-likeness (QED) is 0.630. The average Bonchev–Trinajstić information content (AvgIpc) is 3.08. The number of benzene rings is 2. The van der Waals surface area contributed by atoms with Gasteiger partial charge >= 0.3 is 0 Å². The van der Waals surface area contributed by atoms with Crippen molar-refractivity contribution < 1.29 is 13.9 Å². The number of nitrogens with two attached hydrogens (primary N) is 1. The van der Waals surface area contributed by atoms with Gasteiger partial charge in [-0.3, -0.25) is 4.79 Å². The van der Waals surface area contributed by atoms with Gasteiger partial charge in [0.1, 0.15) is 17.7 Å². The molecule has 0 aliphatic rings. The maximum Gasteiger partial charge on any atom is 0.247 e. The second-order valence-electron chi connectivity index (χ2n) is 8.49. The van der Waals surface area contributed by atoms with Gasteiger partial charge in [0.15, 0.2) is 0 Å². The molecule has 2 aromatic carbocycles. The molecule has 1 aromatic heterocycles. The number of imidazole rings is 1. The summed E-state index contributed by atoms with van der Waals surface area (Å²) in [6.45, 7) is 6.59. The van der Waals surface area contributed by atoms with Crippen molar-refractivity contribution >= 4 is 5.91 Å². The average molecular weight is 410 g/mol. The predicted octanol–water partition coefficient (Wildman–Crippen LogP) is 4.37. The molecule has 1 heterocycles. The van der Waals surface area contributed by atoms with Crippen LogP contribution in [0.3, 0.4) is 0 Å². The highest BCUT2D eigenvalue weighted by molar-refractivity contribution is 5.80. The summed E-state index contributed by atoms with van der Waals surface area (Å²) in [6, 6.07) is 16.3. The number of rotatable bonds is 7. The molecule has 0 fully saturated rings. The van der Waals surface area contributed by atoms with E-state index in [0.29, 0.717) is 17.9 Å². The zero-order chi connectivity index (χ0) is 21.9. The van der Waals surface area contributed by atoms with Crippen molar-refractivity contribution in [3.63, 3.8) is 0 Å². The molecule has 2 N–H and O–H groups in total. The molecule has 0 spiro atoms. The zero-order valence-corrected chi connectivity index (χ0v) is 17.8. The summed E-state index contributed by atoms with van der Waals surface area (Å²) >= 11 is 0. The molecule has 0 bridgehead atoms. The Bertz CT molecular complexity index is 1010. The highest BCUT2D eigenvalue weighted by Gasteiger charge is 2.40. The molecule has 0 saturated carbocycles. The van der Waals surface area contributed by atoms with Gasteiger partial charge in [0.25, 0.3) is 0 Å². The van der Waals surface area contributed by atoms with Crippen LogP contribution in [0.25, 0.3) is 11.3 Å². The Labute approximate surface area is 176 Å². The van der Waals surface area contributed by atoms with Gasteiger partial charge in [0.05, 0.1) is 17.8 Å². The fourth-order valence-electron chi connectivity index (χ4n) is 3.84. The van der Waals surface area contributed by atoms with E-state index >= 15 is 0 Å². The number of methoxy groups -OCH3 is 1. The summed E-state index contributed by atoms with van der Waals surface area (Å²) in [5.41, 5.74) is 7.85. The van der Waals surface area contributed by atoms with Gasteiger partial charge < -0.3 is 15.0 Å². The van der Waals surface area contributed by atoms with Gasteiger partial charge in [0.2, 0.25) is 5.91 Å². The standard InChI is InChI=1S/C24H28FN3O2/c1-24(2,3)20(21(30-4)22(26)29)23-27-14-19(17-11-8-12-18(25)13-17)28(23)15-16-9-6-5-7-10-16/h5-14,20-21H,15H2,1-4H3,(H2,26,29)/t20-,21?/m0/s1. The smallest absolute Gasteiger partial charge is 0.247 e. The Balaban J connectivity index is 2.21. The van der Waals surface area contributed by atoms with Gasteiger partial charge in [-0.25, -0.2) is 9.37 Å². The number of primary amides is 1. The minimum Gasteiger partial charge on any atom is -0.371 e. The van der Waals surface area contributed by atoms with Crippen molar-refractivity contribution in [1.29, 1.82) is 0 Å². The summed E-state index contributed by atoms with van der Waals surface area (Å²) in [6.07, 6.45) is 0.877. The maximum absolute atomic E-state index is 13.9. The first kappa shape index (κ1) is 21.7. The van der Waals surface area contributed by atoms with Crippen LogP contribution in [0.4, 0.5) is 4.39 Å². The number of nitrogens with zero attached hydrogens (tertiary/aromatic N) is 2. The van der Waals surface area contributed by atoms with E-state index in [4.69, 9.17) is 10.5 Å². The summed E-state index contributed by atoms with van der Waals surface area (Å²) in [7, 11) is 1.48. The van der Waals surface area contributed by atoms with Crippen LogP contribution in [0, 0.1) is 11.2 Å². The van der Waals surface area contributed by atoms with E-state index in [1.165, 1.54) is 19.2 Å². The summed E-state index contributed by atoms with van der Waals surface area (Å²) in [5, 5.41) is 0. The molecule has 0 aliphatic carbocycles. The molecular formula is C24H28FN3O2. The third-order valence-corrected chi connectivity index (χ3v) is 5.24. The normalized spacial score (nSPS) is 13.8. The van der Waals surface area contributed by atoms with Crippen molar-refractivity contribution in [1.82, 2.24) is 9.55 Å². The summed E-state index contributed by atoms with van der Waals surface area (Å²) in [4.78, 5) is 16.9. The van der Waals surface area contributed by atoms with E-state index in [2.05, 4.69) is 4.98 Å². The molecule has 0 aliphatic heterocycles. The molecule has 5 nitrogen and oxygen atoms in total. The number of hydrogen-bond donors (Lipinski definition) is 1. The van der Waals surface area contributed by atoms with Crippen LogP contribution in [-0.2, 0) is 16.1 Å². The molecule has 6 heteroatoms. The van der Waals surface area contributed by atoms with Gasteiger partial charge in [-0.05, 0) is 23.1 Å². The predicted molar refractivity (Wildman–Crippen MR) is 115 cm³/mol. The highest BCUT2D eigenvalue weighted by Crippen LogP contribution is 2.40. The zero-order valence-electron chi connectivity index (χ0n) is 17.8. The first-order chi connectivity index (χ1) is 14.2. The van der Waals surface area contributed by atoms with Crippen molar-refractivity contribution in [3.8, 4) is 11.3 Å². The molecule has 30 heavy (non-hydrogen) atoms. The molecule has 1 unspecified atom stereocenters. The lowest BCUT2D eigenvalue weighted by Gasteiger charge is -2.35. The molecule has 3 aromatic rings. The van der Waals surface area contributed by atoms with E-state index in [-0.39, 0.29) is 11.2 Å². The minimum absolute atomic E-state index is 0.319. The Morgan fingerprint density at radius 3 is 2.43 bits per heavy atom. The number of halogens is 1. The highest BCUT2D eigenvalue weighted by atomic mass is 19.1. The Morgan fingerprint density at radius 1 is 1.17 bits per heavy atom. The molecule has 158 valence electrons. The first-order valence-electron chi connectivity index (χ1n) is 9.89. The third kappa shape index (κ3) is 4.60. The number of carbonyl (C=O) groups excluding carboxylic acids is 1. The largest absolute Gasteiger partial charge is 0.371 e. The number of amides is 1. The van der Waals surface area contributed by atoms with E-state index < -0.39 is 17.9 Å². The van der Waals surface area contributed by atoms with Crippen LogP contribution in [0.15, 0.2) is 60.8 Å². The molecule has 2 atom stereocenters. The van der Waals surface area contributed by atoms with Crippen molar-refractivity contribution in [2.45, 2.75) is 39.3 Å². The van der Waals surface area contributed by atoms with Gasteiger partial charge in [0, 0.05) is 19.2 Å². The van der Waals surface area contributed by atoms with Crippen LogP contribution in [0.1, 0.15) is 38.1 Å². The lowest BCUT2D eigenvalue weighted by molar-refractivity contribution is -0.131. The van der Waals surface area contributed by atoms with Crippen molar-refractivity contribution in [2.75, 3.05) is 7.11 Å². The summed E-state index contributed by atoms with van der Waals surface area (Å²) < 4.78 is 21.5. The van der Waals surface area contributed by atoms with Crippen LogP contribution in [0.2, 0.25) is 0 Å². The molecule has 0 radical (unpaired) electrons. The number of aromatic nitrogens is 2. The summed E-state index contributed by atoms with van der Waals surface area (Å²) in [5.74, 6) is -0.581. The molecule has 3 rings (SSSR count). The second kappa shape index (κ2) is 8.79. The Kier molecular flexibility index (Phi) is 6.37. The lowest BCUT2D eigenvalue weighted by Crippen LogP contribution is -2.42. The number of ether oxygens (including phenoxy) is 1. The first-order valence-corrected chi connectivity index (χ1v) is 9.89. The van der Waals surface area contributed by atoms with Crippen molar-refractivity contribution in [3.05, 3.63) is 78.0 Å². The maximum atomic E-state index is 13.9. The SMILES string of the molecule is COC(C(N)=O)[C@@H](c1ncc(-c2cccc(F)c2)n1Cc1ccccc1)C(C)(C)C. The van der Waals surface area contributed by atoms with E-state index in [1.54, 1.807) is 12.3 Å². The topological polar surface area (TPSA) is 70.1 Å². The fourth-order valence-corrected chi connectivity index (χ4v) is 3.84. The van der Waals surface area contributed by atoms with Gasteiger partial charge in [-0.1, -0.05) is 63.2 Å². The molecular weight excluding hydrogens is 381 g/mol. The lowest BCUT2D eigenvalue weighted by atomic mass is 9.76. The minimum atomic E-state index is -0.845. The number of hydrogen-bond acceptors (Lipinski definition) is 3. The van der Waals surface area contributed by atoms with Gasteiger partial charge in [-0.15, -0.1) is 0 Å². The van der Waals surface area contributed by atoms with Crippen LogP contribution >= 0.6 is 0 Å². The van der Waals surface area contributed by atoms with Crippen molar-refractivity contribution in [2.24, 2.45) is 11.1 Å².